The number of aliphatic hydroxyl groups is 1. The molecule has 23 heavy (non-hydrogen) atoms. The Morgan fingerprint density at radius 1 is 1.17 bits per heavy atom. The normalized spacial score (nSPS) is 16.2. The van der Waals surface area contributed by atoms with E-state index in [1.165, 1.54) is 12.8 Å². The Bertz CT molecular complexity index is 455. The zero-order valence-electron chi connectivity index (χ0n) is 14.4. The summed E-state index contributed by atoms with van der Waals surface area (Å²) >= 11 is 0. The Balaban J connectivity index is 1.68. The van der Waals surface area contributed by atoms with Crippen LogP contribution in [0.5, 0.6) is 11.5 Å². The SMILES string of the molecule is CC(O)CNC(C)(C)Oc1ccc(OCCOCC2CC2)cc1. The minimum absolute atomic E-state index is 0.407. The van der Waals surface area contributed by atoms with E-state index in [1.54, 1.807) is 6.92 Å². The fourth-order valence-corrected chi connectivity index (χ4v) is 2.08. The van der Waals surface area contributed by atoms with Gasteiger partial charge in [-0.15, -0.1) is 0 Å². The number of ether oxygens (including phenoxy) is 3. The third-order valence-corrected chi connectivity index (χ3v) is 3.57. The summed E-state index contributed by atoms with van der Waals surface area (Å²) in [6.45, 7) is 8.14. The predicted molar refractivity (Wildman–Crippen MR) is 89.9 cm³/mol. The van der Waals surface area contributed by atoms with Crippen molar-refractivity contribution in [1.29, 1.82) is 0 Å². The lowest BCUT2D eigenvalue weighted by Crippen LogP contribution is -2.47. The highest BCUT2D eigenvalue weighted by molar-refractivity contribution is 5.31. The van der Waals surface area contributed by atoms with Crippen molar-refractivity contribution in [3.05, 3.63) is 24.3 Å². The number of benzene rings is 1. The lowest BCUT2D eigenvalue weighted by Gasteiger charge is -2.28. The molecule has 1 unspecified atom stereocenters. The van der Waals surface area contributed by atoms with Gasteiger partial charge in [0.05, 0.1) is 12.7 Å². The first-order chi connectivity index (χ1) is 10.9. The largest absolute Gasteiger partial charge is 0.491 e. The van der Waals surface area contributed by atoms with Gasteiger partial charge in [0.15, 0.2) is 5.72 Å². The van der Waals surface area contributed by atoms with E-state index in [1.807, 2.05) is 38.1 Å². The van der Waals surface area contributed by atoms with Gasteiger partial charge in [0.2, 0.25) is 0 Å². The third kappa shape index (κ3) is 7.68. The van der Waals surface area contributed by atoms with E-state index >= 15 is 0 Å². The molecule has 0 heterocycles. The lowest BCUT2D eigenvalue weighted by atomic mass is 10.2. The van der Waals surface area contributed by atoms with E-state index in [0.717, 1.165) is 24.0 Å². The lowest BCUT2D eigenvalue weighted by molar-refractivity contribution is 0.0546. The van der Waals surface area contributed by atoms with Gasteiger partial charge in [-0.3, -0.25) is 5.32 Å². The van der Waals surface area contributed by atoms with E-state index in [-0.39, 0.29) is 0 Å². The smallest absolute Gasteiger partial charge is 0.155 e. The predicted octanol–water partition coefficient (Wildman–Crippen LogP) is 2.58. The first kappa shape index (κ1) is 18.0. The summed E-state index contributed by atoms with van der Waals surface area (Å²) in [4.78, 5) is 0. The molecule has 1 fully saturated rings. The second-order valence-electron chi connectivity index (χ2n) is 6.68. The minimum Gasteiger partial charge on any atom is -0.491 e. The standard InChI is InChI=1S/C18H29NO4/c1-14(20)12-19-18(2,3)23-17-8-6-16(7-9-17)22-11-10-21-13-15-4-5-15/h6-9,14-15,19-20H,4-5,10-13H2,1-3H3. The van der Waals surface area contributed by atoms with Gasteiger partial charge < -0.3 is 19.3 Å². The molecule has 0 radical (unpaired) electrons. The molecular formula is C18H29NO4. The van der Waals surface area contributed by atoms with E-state index in [0.29, 0.717) is 19.8 Å². The molecule has 2 N–H and O–H groups in total. The van der Waals surface area contributed by atoms with E-state index in [4.69, 9.17) is 14.2 Å². The van der Waals surface area contributed by atoms with Crippen LogP contribution in [0.15, 0.2) is 24.3 Å². The second kappa shape index (κ2) is 8.52. The molecule has 0 amide bonds. The molecule has 0 spiro atoms. The fourth-order valence-electron chi connectivity index (χ4n) is 2.08. The van der Waals surface area contributed by atoms with Gasteiger partial charge in [-0.25, -0.2) is 0 Å². The molecule has 1 atom stereocenters. The highest BCUT2D eigenvalue weighted by Gasteiger charge is 2.21. The minimum atomic E-state index is -0.546. The van der Waals surface area contributed by atoms with Crippen molar-refractivity contribution >= 4 is 0 Å². The first-order valence-electron chi connectivity index (χ1n) is 8.37. The number of nitrogens with one attached hydrogen (secondary N) is 1. The van der Waals surface area contributed by atoms with Crippen molar-refractivity contribution in [2.24, 2.45) is 5.92 Å². The third-order valence-electron chi connectivity index (χ3n) is 3.57. The topological polar surface area (TPSA) is 60.0 Å². The average Bonchev–Trinajstić information content (AvgIpc) is 3.31. The van der Waals surface area contributed by atoms with Gasteiger partial charge in [0.25, 0.3) is 0 Å². The van der Waals surface area contributed by atoms with Crippen molar-refractivity contribution in [3.63, 3.8) is 0 Å². The van der Waals surface area contributed by atoms with E-state index in [2.05, 4.69) is 5.32 Å². The van der Waals surface area contributed by atoms with Gasteiger partial charge in [0, 0.05) is 13.2 Å². The first-order valence-corrected chi connectivity index (χ1v) is 8.37. The molecule has 1 aromatic carbocycles. The van der Waals surface area contributed by atoms with Crippen LogP contribution in [0.1, 0.15) is 33.6 Å². The molecule has 0 aromatic heterocycles. The molecule has 0 bridgehead atoms. The molecule has 2 rings (SSSR count). The van der Waals surface area contributed by atoms with Crippen LogP contribution in [0.4, 0.5) is 0 Å². The number of rotatable bonds is 11. The monoisotopic (exact) mass is 323 g/mol. The molecule has 1 aromatic rings. The van der Waals surface area contributed by atoms with Gasteiger partial charge in [0.1, 0.15) is 18.1 Å². The van der Waals surface area contributed by atoms with Crippen molar-refractivity contribution in [3.8, 4) is 11.5 Å². The van der Waals surface area contributed by atoms with Crippen LogP contribution in [-0.4, -0.2) is 43.3 Å². The Morgan fingerprint density at radius 3 is 2.43 bits per heavy atom. The van der Waals surface area contributed by atoms with Crippen LogP contribution in [-0.2, 0) is 4.74 Å². The molecule has 5 nitrogen and oxygen atoms in total. The van der Waals surface area contributed by atoms with Gasteiger partial charge in [-0.1, -0.05) is 0 Å². The van der Waals surface area contributed by atoms with Crippen molar-refractivity contribution in [1.82, 2.24) is 5.32 Å². The van der Waals surface area contributed by atoms with Gasteiger partial charge in [-0.2, -0.15) is 0 Å². The molecule has 130 valence electrons. The van der Waals surface area contributed by atoms with Crippen LogP contribution >= 0.6 is 0 Å². The summed E-state index contributed by atoms with van der Waals surface area (Å²) in [5, 5.41) is 12.5. The summed E-state index contributed by atoms with van der Waals surface area (Å²) in [6.07, 6.45) is 2.21. The molecule has 0 saturated heterocycles. The number of aliphatic hydroxyl groups excluding tert-OH is 1. The van der Waals surface area contributed by atoms with E-state index < -0.39 is 11.8 Å². The van der Waals surface area contributed by atoms with Crippen LogP contribution < -0.4 is 14.8 Å². The van der Waals surface area contributed by atoms with E-state index in [9.17, 15) is 5.11 Å². The molecule has 1 saturated carbocycles. The van der Waals surface area contributed by atoms with Gasteiger partial charge >= 0.3 is 0 Å². The summed E-state index contributed by atoms with van der Waals surface area (Å²) in [5.74, 6) is 2.35. The molecule has 5 heteroatoms. The highest BCUT2D eigenvalue weighted by atomic mass is 16.5. The van der Waals surface area contributed by atoms with Crippen LogP contribution in [0, 0.1) is 5.92 Å². The van der Waals surface area contributed by atoms with Crippen molar-refractivity contribution < 1.29 is 19.3 Å². The molecule has 1 aliphatic carbocycles. The van der Waals surface area contributed by atoms with Crippen LogP contribution in [0.25, 0.3) is 0 Å². The highest BCUT2D eigenvalue weighted by Crippen LogP contribution is 2.28. The fraction of sp³-hybridized carbons (Fsp3) is 0.667. The Labute approximate surface area is 138 Å². The number of hydrogen-bond donors (Lipinski definition) is 2. The Morgan fingerprint density at radius 2 is 1.83 bits per heavy atom. The summed E-state index contributed by atoms with van der Waals surface area (Å²) in [7, 11) is 0. The zero-order chi connectivity index (χ0) is 16.7. The molecule has 0 aliphatic heterocycles. The quantitative estimate of drug-likeness (QED) is 0.484. The molecule has 1 aliphatic rings. The van der Waals surface area contributed by atoms with Crippen LogP contribution in [0.3, 0.4) is 0 Å². The maximum Gasteiger partial charge on any atom is 0.155 e. The number of hydrogen-bond acceptors (Lipinski definition) is 5. The zero-order valence-corrected chi connectivity index (χ0v) is 14.4. The summed E-state index contributed by atoms with van der Waals surface area (Å²) in [5.41, 5.74) is -0.546. The molecular weight excluding hydrogens is 294 g/mol. The summed E-state index contributed by atoms with van der Waals surface area (Å²) < 4.78 is 17.1. The maximum absolute atomic E-state index is 9.33. The maximum atomic E-state index is 9.33. The van der Waals surface area contributed by atoms with Crippen molar-refractivity contribution in [2.45, 2.75) is 45.4 Å². The second-order valence-corrected chi connectivity index (χ2v) is 6.68. The van der Waals surface area contributed by atoms with Gasteiger partial charge in [-0.05, 0) is 63.8 Å². The summed E-state index contributed by atoms with van der Waals surface area (Å²) in [6, 6.07) is 7.54. The van der Waals surface area contributed by atoms with Crippen molar-refractivity contribution in [2.75, 3.05) is 26.4 Å². The van der Waals surface area contributed by atoms with Crippen LogP contribution in [0.2, 0.25) is 0 Å². The Hall–Kier alpha value is -1.30. The average molecular weight is 323 g/mol. The Kier molecular flexibility index (Phi) is 6.69.